The Labute approximate surface area is 95.8 Å². The number of anilines is 1. The summed E-state index contributed by atoms with van der Waals surface area (Å²) in [5.74, 6) is 0.965. The minimum absolute atomic E-state index is 0.565. The summed E-state index contributed by atoms with van der Waals surface area (Å²) in [7, 11) is 0. The van der Waals surface area contributed by atoms with Crippen LogP contribution in [0.1, 0.15) is 30.5 Å². The monoisotopic (exact) mass is 218 g/mol. The highest BCUT2D eigenvalue weighted by Gasteiger charge is 2.16. The van der Waals surface area contributed by atoms with Crippen LogP contribution in [-0.4, -0.2) is 29.3 Å². The first kappa shape index (κ1) is 10.0. The molecule has 0 radical (unpaired) electrons. The molecule has 0 unspecified atom stereocenters. The summed E-state index contributed by atoms with van der Waals surface area (Å²) in [6, 6.07) is 2.76. The number of aryl methyl sites for hydroxylation is 2. The maximum atomic E-state index is 4.30. The summed E-state index contributed by atoms with van der Waals surface area (Å²) < 4.78 is 0. The second kappa shape index (κ2) is 4.37. The molecule has 4 nitrogen and oxygen atoms in total. The van der Waals surface area contributed by atoms with Gasteiger partial charge in [-0.2, -0.15) is 5.10 Å². The Balaban J connectivity index is 1.69. The zero-order valence-electron chi connectivity index (χ0n) is 9.50. The van der Waals surface area contributed by atoms with Gasteiger partial charge in [-0.3, -0.25) is 0 Å². The van der Waals surface area contributed by atoms with Crippen molar-refractivity contribution in [1.29, 1.82) is 0 Å². The first-order valence-corrected chi connectivity index (χ1v) is 6.24. The van der Waals surface area contributed by atoms with Gasteiger partial charge in [-0.05, 0) is 56.8 Å². The highest BCUT2D eigenvalue weighted by molar-refractivity contribution is 5.40. The van der Waals surface area contributed by atoms with Gasteiger partial charge >= 0.3 is 0 Å². The standard InChI is InChI=1S/C12H18N4/c1-2-9-8-12(16-15-11(9)3-1)14-10-4-6-13-7-5-10/h8,10,13H,1-7H2,(H,14,16). The largest absolute Gasteiger partial charge is 0.366 e. The van der Waals surface area contributed by atoms with Crippen molar-refractivity contribution in [3.05, 3.63) is 17.3 Å². The van der Waals surface area contributed by atoms with Crippen molar-refractivity contribution in [3.63, 3.8) is 0 Å². The number of nitrogens with one attached hydrogen (secondary N) is 2. The molecule has 86 valence electrons. The number of hydrogen-bond donors (Lipinski definition) is 2. The average Bonchev–Trinajstić information content (AvgIpc) is 2.77. The van der Waals surface area contributed by atoms with Crippen molar-refractivity contribution < 1.29 is 0 Å². The normalized spacial score (nSPS) is 20.8. The Bertz CT molecular complexity index is 371. The van der Waals surface area contributed by atoms with Gasteiger partial charge in [0.05, 0.1) is 5.69 Å². The molecule has 2 aliphatic rings. The fourth-order valence-electron chi connectivity index (χ4n) is 2.57. The van der Waals surface area contributed by atoms with Crippen LogP contribution < -0.4 is 10.6 Å². The molecule has 1 aliphatic carbocycles. The van der Waals surface area contributed by atoms with Gasteiger partial charge in [0.15, 0.2) is 0 Å². The van der Waals surface area contributed by atoms with E-state index in [0.29, 0.717) is 6.04 Å². The van der Waals surface area contributed by atoms with Gasteiger partial charge in [0, 0.05) is 6.04 Å². The van der Waals surface area contributed by atoms with Gasteiger partial charge in [0.25, 0.3) is 0 Å². The zero-order valence-corrected chi connectivity index (χ0v) is 9.50. The van der Waals surface area contributed by atoms with E-state index in [0.717, 1.165) is 25.3 Å². The molecule has 0 saturated carbocycles. The molecule has 0 bridgehead atoms. The fraction of sp³-hybridized carbons (Fsp3) is 0.667. The van der Waals surface area contributed by atoms with E-state index in [9.17, 15) is 0 Å². The third kappa shape index (κ3) is 2.02. The molecule has 1 aromatic heterocycles. The average molecular weight is 218 g/mol. The smallest absolute Gasteiger partial charge is 0.149 e. The number of rotatable bonds is 2. The molecular formula is C12H18N4. The molecule has 0 spiro atoms. The lowest BCUT2D eigenvalue weighted by atomic mass is 10.1. The molecule has 1 fully saturated rings. The van der Waals surface area contributed by atoms with E-state index in [1.165, 1.54) is 36.9 Å². The van der Waals surface area contributed by atoms with Crippen LogP contribution in [0, 0.1) is 0 Å². The van der Waals surface area contributed by atoms with E-state index in [-0.39, 0.29) is 0 Å². The lowest BCUT2D eigenvalue weighted by molar-refractivity contribution is 0.478. The quantitative estimate of drug-likeness (QED) is 0.781. The van der Waals surface area contributed by atoms with Crippen LogP contribution in [0.5, 0.6) is 0 Å². The second-order valence-corrected chi connectivity index (χ2v) is 4.72. The summed E-state index contributed by atoms with van der Waals surface area (Å²) in [5, 5.41) is 15.4. The van der Waals surface area contributed by atoms with Gasteiger partial charge in [0.1, 0.15) is 5.82 Å². The first-order chi connectivity index (χ1) is 7.92. The number of piperidine rings is 1. The van der Waals surface area contributed by atoms with Crippen molar-refractivity contribution >= 4 is 5.82 Å². The molecule has 1 aromatic rings. The van der Waals surface area contributed by atoms with Crippen molar-refractivity contribution in [1.82, 2.24) is 15.5 Å². The molecule has 0 atom stereocenters. The Morgan fingerprint density at radius 1 is 1.19 bits per heavy atom. The topological polar surface area (TPSA) is 49.8 Å². The predicted molar refractivity (Wildman–Crippen MR) is 63.6 cm³/mol. The van der Waals surface area contributed by atoms with Gasteiger partial charge in [-0.15, -0.1) is 5.10 Å². The molecule has 1 saturated heterocycles. The third-order valence-corrected chi connectivity index (χ3v) is 3.51. The van der Waals surface area contributed by atoms with E-state index < -0.39 is 0 Å². The van der Waals surface area contributed by atoms with Crippen LogP contribution in [-0.2, 0) is 12.8 Å². The number of hydrogen-bond acceptors (Lipinski definition) is 4. The van der Waals surface area contributed by atoms with Crippen LogP contribution in [0.2, 0.25) is 0 Å². The Kier molecular flexibility index (Phi) is 2.74. The zero-order chi connectivity index (χ0) is 10.8. The van der Waals surface area contributed by atoms with E-state index >= 15 is 0 Å². The molecule has 0 amide bonds. The molecule has 1 aliphatic heterocycles. The Morgan fingerprint density at radius 2 is 2.06 bits per heavy atom. The third-order valence-electron chi connectivity index (χ3n) is 3.51. The van der Waals surface area contributed by atoms with Crippen molar-refractivity contribution in [3.8, 4) is 0 Å². The Morgan fingerprint density at radius 3 is 2.94 bits per heavy atom. The number of nitrogens with zero attached hydrogens (tertiary/aromatic N) is 2. The molecule has 16 heavy (non-hydrogen) atoms. The lowest BCUT2D eigenvalue weighted by Gasteiger charge is -2.24. The maximum absolute atomic E-state index is 4.30. The highest BCUT2D eigenvalue weighted by Crippen LogP contribution is 2.21. The van der Waals surface area contributed by atoms with Gasteiger partial charge in [-0.25, -0.2) is 0 Å². The molecule has 4 heteroatoms. The van der Waals surface area contributed by atoms with Crippen LogP contribution in [0.4, 0.5) is 5.82 Å². The fourth-order valence-corrected chi connectivity index (χ4v) is 2.57. The van der Waals surface area contributed by atoms with Crippen molar-refractivity contribution in [2.24, 2.45) is 0 Å². The Hall–Kier alpha value is -1.16. The van der Waals surface area contributed by atoms with Crippen LogP contribution in [0.15, 0.2) is 6.07 Å². The van der Waals surface area contributed by atoms with Crippen LogP contribution in [0.25, 0.3) is 0 Å². The molecular weight excluding hydrogens is 200 g/mol. The molecule has 2 N–H and O–H groups in total. The summed E-state index contributed by atoms with van der Waals surface area (Å²) in [6.07, 6.45) is 5.88. The van der Waals surface area contributed by atoms with E-state index in [1.54, 1.807) is 0 Å². The van der Waals surface area contributed by atoms with Crippen LogP contribution in [0.3, 0.4) is 0 Å². The number of fused-ring (bicyclic) bond motifs is 1. The summed E-state index contributed by atoms with van der Waals surface area (Å²) in [6.45, 7) is 2.21. The van der Waals surface area contributed by atoms with Crippen molar-refractivity contribution in [2.45, 2.75) is 38.1 Å². The lowest BCUT2D eigenvalue weighted by Crippen LogP contribution is -2.35. The minimum Gasteiger partial charge on any atom is -0.366 e. The van der Waals surface area contributed by atoms with Gasteiger partial charge in [-0.1, -0.05) is 0 Å². The maximum Gasteiger partial charge on any atom is 0.149 e. The SMILES string of the molecule is c1c(NC2CCNCC2)nnc2c1CCC2. The van der Waals surface area contributed by atoms with Crippen molar-refractivity contribution in [2.75, 3.05) is 18.4 Å². The predicted octanol–water partition coefficient (Wildman–Crippen LogP) is 1.13. The van der Waals surface area contributed by atoms with Crippen LogP contribution >= 0.6 is 0 Å². The molecule has 0 aromatic carbocycles. The summed E-state index contributed by atoms with van der Waals surface area (Å²) >= 11 is 0. The van der Waals surface area contributed by atoms with Gasteiger partial charge < -0.3 is 10.6 Å². The van der Waals surface area contributed by atoms with E-state index in [2.05, 4.69) is 26.9 Å². The summed E-state index contributed by atoms with van der Waals surface area (Å²) in [4.78, 5) is 0. The second-order valence-electron chi connectivity index (χ2n) is 4.72. The van der Waals surface area contributed by atoms with E-state index in [4.69, 9.17) is 0 Å². The first-order valence-electron chi connectivity index (χ1n) is 6.24. The van der Waals surface area contributed by atoms with E-state index in [1.807, 2.05) is 0 Å². The number of aromatic nitrogens is 2. The minimum atomic E-state index is 0.565. The van der Waals surface area contributed by atoms with Gasteiger partial charge in [0.2, 0.25) is 0 Å². The summed E-state index contributed by atoms with van der Waals surface area (Å²) in [5.41, 5.74) is 2.60. The molecule has 3 rings (SSSR count). The highest BCUT2D eigenvalue weighted by atomic mass is 15.2. The molecule has 2 heterocycles.